The highest BCUT2D eigenvalue weighted by atomic mass is 15.3. The zero-order valence-electron chi connectivity index (χ0n) is 17.3. The zero-order valence-corrected chi connectivity index (χ0v) is 17.3. The topological polar surface area (TPSA) is 25.9 Å². The molecule has 150 valence electrons. The number of hydrogen-bond donors (Lipinski definition) is 0. The van der Waals surface area contributed by atoms with Crippen molar-refractivity contribution in [1.29, 1.82) is 0 Å². The molecule has 2 aliphatic rings. The Labute approximate surface area is 169 Å². The summed E-state index contributed by atoms with van der Waals surface area (Å²) < 4.78 is 0. The van der Waals surface area contributed by atoms with E-state index in [1.54, 1.807) is 0 Å². The van der Waals surface area contributed by atoms with Crippen LogP contribution in [0.3, 0.4) is 0 Å². The van der Waals surface area contributed by atoms with Gasteiger partial charge in [0.15, 0.2) is 0 Å². The number of likely N-dealkylation sites (N-methyl/N-ethyl adjacent to an activating group) is 1. The second kappa shape index (κ2) is 8.93. The van der Waals surface area contributed by atoms with E-state index in [9.17, 15) is 0 Å². The van der Waals surface area contributed by atoms with E-state index >= 15 is 0 Å². The van der Waals surface area contributed by atoms with Crippen LogP contribution in [0.2, 0.25) is 0 Å². The van der Waals surface area contributed by atoms with Crippen molar-refractivity contribution in [3.8, 4) is 0 Å². The van der Waals surface area contributed by atoms with E-state index in [0.29, 0.717) is 0 Å². The SMILES string of the molecule is Cc1ccc(N2CCN(Cc3cc(N4CCCN(C)CC4)ccn3)CC2)cc1. The van der Waals surface area contributed by atoms with Gasteiger partial charge in [0.1, 0.15) is 0 Å². The van der Waals surface area contributed by atoms with Crippen molar-refractivity contribution in [2.24, 2.45) is 0 Å². The van der Waals surface area contributed by atoms with E-state index in [-0.39, 0.29) is 0 Å². The lowest BCUT2D eigenvalue weighted by Gasteiger charge is -2.36. The molecule has 2 aromatic rings. The molecular formula is C23H33N5. The van der Waals surface area contributed by atoms with Gasteiger partial charge in [0, 0.05) is 69.9 Å². The molecule has 0 bridgehead atoms. The van der Waals surface area contributed by atoms with Crippen LogP contribution in [0.4, 0.5) is 11.4 Å². The molecule has 2 fully saturated rings. The fourth-order valence-corrected chi connectivity index (χ4v) is 4.20. The molecule has 1 aromatic carbocycles. The molecule has 0 unspecified atom stereocenters. The van der Waals surface area contributed by atoms with Crippen LogP contribution in [0.1, 0.15) is 17.7 Å². The van der Waals surface area contributed by atoms with Crippen LogP contribution >= 0.6 is 0 Å². The van der Waals surface area contributed by atoms with E-state index in [1.807, 2.05) is 6.20 Å². The van der Waals surface area contributed by atoms with Gasteiger partial charge in [0.05, 0.1) is 5.69 Å². The predicted molar refractivity (Wildman–Crippen MR) is 117 cm³/mol. The van der Waals surface area contributed by atoms with Gasteiger partial charge in [0.25, 0.3) is 0 Å². The Balaban J connectivity index is 1.33. The van der Waals surface area contributed by atoms with Gasteiger partial charge in [-0.2, -0.15) is 0 Å². The first-order chi connectivity index (χ1) is 13.7. The van der Waals surface area contributed by atoms with Gasteiger partial charge in [-0.1, -0.05) is 17.7 Å². The van der Waals surface area contributed by atoms with Crippen LogP contribution in [-0.2, 0) is 6.54 Å². The molecule has 3 heterocycles. The van der Waals surface area contributed by atoms with E-state index in [2.05, 4.69) is 75.0 Å². The maximum Gasteiger partial charge on any atom is 0.0564 e. The maximum absolute atomic E-state index is 4.66. The van der Waals surface area contributed by atoms with Crippen molar-refractivity contribution in [2.45, 2.75) is 19.9 Å². The lowest BCUT2D eigenvalue weighted by molar-refractivity contribution is 0.247. The van der Waals surface area contributed by atoms with E-state index in [4.69, 9.17) is 0 Å². The van der Waals surface area contributed by atoms with E-state index < -0.39 is 0 Å². The average Bonchev–Trinajstić information content (AvgIpc) is 2.94. The summed E-state index contributed by atoms with van der Waals surface area (Å²) in [6.45, 7) is 12.0. The van der Waals surface area contributed by atoms with Crippen LogP contribution in [-0.4, -0.2) is 74.2 Å². The third-order valence-corrected chi connectivity index (χ3v) is 6.04. The molecular weight excluding hydrogens is 346 g/mol. The minimum absolute atomic E-state index is 0.948. The van der Waals surface area contributed by atoms with Crippen LogP contribution in [0.15, 0.2) is 42.6 Å². The average molecular weight is 380 g/mol. The lowest BCUT2D eigenvalue weighted by atomic mass is 10.2. The fourth-order valence-electron chi connectivity index (χ4n) is 4.20. The fraction of sp³-hybridized carbons (Fsp3) is 0.522. The van der Waals surface area contributed by atoms with E-state index in [1.165, 1.54) is 35.6 Å². The molecule has 5 nitrogen and oxygen atoms in total. The Morgan fingerprint density at radius 1 is 0.786 bits per heavy atom. The molecule has 0 N–H and O–H groups in total. The van der Waals surface area contributed by atoms with Crippen molar-refractivity contribution in [3.63, 3.8) is 0 Å². The zero-order chi connectivity index (χ0) is 19.3. The Morgan fingerprint density at radius 2 is 1.50 bits per heavy atom. The molecule has 0 atom stereocenters. The highest BCUT2D eigenvalue weighted by Crippen LogP contribution is 2.20. The number of aryl methyl sites for hydroxylation is 1. The van der Waals surface area contributed by atoms with Crippen LogP contribution in [0, 0.1) is 6.92 Å². The minimum Gasteiger partial charge on any atom is -0.370 e. The van der Waals surface area contributed by atoms with Gasteiger partial charge in [0.2, 0.25) is 0 Å². The number of hydrogen-bond acceptors (Lipinski definition) is 5. The van der Waals surface area contributed by atoms with Gasteiger partial charge >= 0.3 is 0 Å². The van der Waals surface area contributed by atoms with Gasteiger partial charge < -0.3 is 14.7 Å². The molecule has 0 spiro atoms. The quantitative estimate of drug-likeness (QED) is 0.814. The summed E-state index contributed by atoms with van der Waals surface area (Å²) in [5.41, 5.74) is 5.19. The van der Waals surface area contributed by atoms with Crippen LogP contribution in [0.5, 0.6) is 0 Å². The van der Waals surface area contributed by atoms with Crippen molar-refractivity contribution >= 4 is 11.4 Å². The standard InChI is InChI=1S/C23H33N5/c1-20-4-6-22(7-5-20)28-16-13-26(14-17-28)19-21-18-23(8-9-24-21)27-11-3-10-25(2)12-15-27/h4-9,18H,3,10-17,19H2,1-2H3. The molecule has 5 heteroatoms. The Hall–Kier alpha value is -2.11. The first kappa shape index (κ1) is 19.2. The van der Waals surface area contributed by atoms with Crippen molar-refractivity contribution in [3.05, 3.63) is 53.9 Å². The summed E-state index contributed by atoms with van der Waals surface area (Å²) >= 11 is 0. The normalized spacial score (nSPS) is 19.6. The summed E-state index contributed by atoms with van der Waals surface area (Å²) in [5, 5.41) is 0. The Morgan fingerprint density at radius 3 is 2.29 bits per heavy atom. The Bertz CT molecular complexity index is 752. The summed E-state index contributed by atoms with van der Waals surface area (Å²) in [5.74, 6) is 0. The first-order valence-electron chi connectivity index (χ1n) is 10.6. The first-order valence-corrected chi connectivity index (χ1v) is 10.6. The Kier molecular flexibility index (Phi) is 6.13. The maximum atomic E-state index is 4.66. The molecule has 0 amide bonds. The number of pyridine rings is 1. The van der Waals surface area contributed by atoms with Crippen molar-refractivity contribution in [2.75, 3.05) is 69.2 Å². The highest BCUT2D eigenvalue weighted by molar-refractivity contribution is 5.48. The lowest BCUT2D eigenvalue weighted by Crippen LogP contribution is -2.46. The molecule has 0 saturated carbocycles. The van der Waals surface area contributed by atoms with Gasteiger partial charge in [-0.15, -0.1) is 0 Å². The summed E-state index contributed by atoms with van der Waals surface area (Å²) in [7, 11) is 2.22. The third kappa shape index (κ3) is 4.83. The molecule has 0 aliphatic carbocycles. The van der Waals surface area contributed by atoms with Crippen molar-refractivity contribution in [1.82, 2.24) is 14.8 Å². The van der Waals surface area contributed by atoms with Gasteiger partial charge in [-0.05, 0) is 51.2 Å². The highest BCUT2D eigenvalue weighted by Gasteiger charge is 2.18. The number of nitrogens with zero attached hydrogens (tertiary/aromatic N) is 5. The smallest absolute Gasteiger partial charge is 0.0564 e. The number of benzene rings is 1. The molecule has 0 radical (unpaired) electrons. The summed E-state index contributed by atoms with van der Waals surface area (Å²) in [6.07, 6.45) is 3.22. The number of rotatable bonds is 4. The van der Waals surface area contributed by atoms with Crippen LogP contribution < -0.4 is 9.80 Å². The number of piperazine rings is 1. The van der Waals surface area contributed by atoms with Crippen molar-refractivity contribution < 1.29 is 0 Å². The predicted octanol–water partition coefficient (Wildman–Crippen LogP) is 2.85. The molecule has 2 saturated heterocycles. The van der Waals surface area contributed by atoms with Crippen LogP contribution in [0.25, 0.3) is 0 Å². The van der Waals surface area contributed by atoms with Gasteiger partial charge in [-0.25, -0.2) is 0 Å². The summed E-state index contributed by atoms with van der Waals surface area (Å²) in [4.78, 5) is 14.6. The molecule has 1 aromatic heterocycles. The monoisotopic (exact) mass is 379 g/mol. The number of aromatic nitrogens is 1. The second-order valence-electron chi connectivity index (χ2n) is 8.25. The molecule has 2 aliphatic heterocycles. The largest absolute Gasteiger partial charge is 0.370 e. The van der Waals surface area contributed by atoms with Gasteiger partial charge in [-0.3, -0.25) is 9.88 Å². The molecule has 28 heavy (non-hydrogen) atoms. The summed E-state index contributed by atoms with van der Waals surface area (Å²) in [6, 6.07) is 13.4. The molecule has 4 rings (SSSR count). The minimum atomic E-state index is 0.948. The number of anilines is 2. The second-order valence-corrected chi connectivity index (χ2v) is 8.25. The third-order valence-electron chi connectivity index (χ3n) is 6.04. The van der Waals surface area contributed by atoms with E-state index in [0.717, 1.165) is 52.4 Å².